The molecular weight excluding hydrogens is 413 g/mol. The predicted octanol–water partition coefficient (Wildman–Crippen LogP) is 3.77. The van der Waals surface area contributed by atoms with E-state index in [-0.39, 0.29) is 17.9 Å². The molecule has 1 aliphatic rings. The van der Waals surface area contributed by atoms with Crippen LogP contribution in [-0.4, -0.2) is 28.8 Å². The van der Waals surface area contributed by atoms with Crippen LogP contribution in [0.5, 0.6) is 5.75 Å². The molecule has 1 aliphatic heterocycles. The van der Waals surface area contributed by atoms with Crippen molar-refractivity contribution in [2.45, 2.75) is 25.2 Å². The highest BCUT2D eigenvalue weighted by Crippen LogP contribution is 2.32. The molecule has 3 aromatic rings. The first-order valence-electron chi connectivity index (χ1n) is 9.22. The number of ether oxygens (including phenoxy) is 1. The quantitative estimate of drug-likeness (QED) is 0.614. The molecule has 1 fully saturated rings. The number of alkyl halides is 3. The largest absolute Gasteiger partial charge is 0.573 e. The van der Waals surface area contributed by atoms with Crippen molar-refractivity contribution in [1.29, 1.82) is 0 Å². The molecule has 3 amide bonds. The van der Waals surface area contributed by atoms with Crippen LogP contribution in [0.2, 0.25) is 0 Å². The molecule has 31 heavy (non-hydrogen) atoms. The summed E-state index contributed by atoms with van der Waals surface area (Å²) in [6.07, 6.45) is -4.69. The maximum Gasteiger partial charge on any atom is 0.573 e. The number of imide groups is 1. The van der Waals surface area contributed by atoms with E-state index in [1.165, 1.54) is 12.1 Å². The van der Waals surface area contributed by atoms with Crippen molar-refractivity contribution in [2.75, 3.05) is 10.6 Å². The summed E-state index contributed by atoms with van der Waals surface area (Å²) in [5, 5.41) is 3.48. The van der Waals surface area contributed by atoms with Crippen molar-refractivity contribution in [3.8, 4) is 5.75 Å². The lowest BCUT2D eigenvalue weighted by molar-refractivity contribution is -0.274. The summed E-state index contributed by atoms with van der Waals surface area (Å²) < 4.78 is 40.9. The second-order valence-electron chi connectivity index (χ2n) is 7.34. The highest BCUT2D eigenvalue weighted by molar-refractivity contribution is 6.23. The van der Waals surface area contributed by atoms with Crippen LogP contribution in [-0.2, 0) is 11.2 Å². The van der Waals surface area contributed by atoms with Gasteiger partial charge in [-0.05, 0) is 48.9 Å². The lowest BCUT2D eigenvalue weighted by atomic mass is 9.91. The van der Waals surface area contributed by atoms with E-state index in [9.17, 15) is 22.8 Å². The van der Waals surface area contributed by atoms with Gasteiger partial charge < -0.3 is 15.8 Å². The first-order valence-corrected chi connectivity index (χ1v) is 9.22. The van der Waals surface area contributed by atoms with E-state index >= 15 is 0 Å². The van der Waals surface area contributed by atoms with E-state index in [1.807, 2.05) is 18.2 Å². The Kier molecular flexibility index (Phi) is 4.72. The van der Waals surface area contributed by atoms with E-state index in [0.29, 0.717) is 5.52 Å². The third-order valence-electron chi connectivity index (χ3n) is 4.96. The average molecular weight is 430 g/mol. The van der Waals surface area contributed by atoms with Gasteiger partial charge in [-0.25, -0.2) is 14.7 Å². The Morgan fingerprint density at radius 3 is 2.48 bits per heavy atom. The number of rotatable bonds is 4. The van der Waals surface area contributed by atoms with Gasteiger partial charge in [-0.2, -0.15) is 0 Å². The molecular formula is C21H17F3N4O3. The standard InChI is InChI=1S/C21H17F3N4O3/c1-20(11-12-10-17(25)26-16-5-3-2-4-15(12)16)18(29)28(19(30)27-20)13-6-8-14(9-7-13)31-21(22,23)24/h2-10H,11H2,1H3,(H2,25,26)(H,27,30). The minimum absolute atomic E-state index is 0.125. The number of benzene rings is 2. The van der Waals surface area contributed by atoms with Gasteiger partial charge in [-0.15, -0.1) is 13.2 Å². The molecule has 1 saturated heterocycles. The highest BCUT2D eigenvalue weighted by atomic mass is 19.4. The van der Waals surface area contributed by atoms with E-state index in [0.717, 1.165) is 28.0 Å². The Labute approximate surface area is 174 Å². The summed E-state index contributed by atoms with van der Waals surface area (Å²) in [6.45, 7) is 1.58. The predicted molar refractivity (Wildman–Crippen MR) is 107 cm³/mol. The molecule has 1 unspecified atom stereocenters. The van der Waals surface area contributed by atoms with E-state index in [1.54, 1.807) is 19.1 Å². The second-order valence-corrected chi connectivity index (χ2v) is 7.34. The zero-order valence-electron chi connectivity index (χ0n) is 16.2. The van der Waals surface area contributed by atoms with Gasteiger partial charge in [0.15, 0.2) is 0 Å². The number of para-hydroxylation sites is 1. The van der Waals surface area contributed by atoms with E-state index < -0.39 is 29.6 Å². The number of hydrogen-bond acceptors (Lipinski definition) is 5. The maximum atomic E-state index is 13.2. The molecule has 10 heteroatoms. The fraction of sp³-hybridized carbons (Fsp3) is 0.190. The Morgan fingerprint density at radius 1 is 1.13 bits per heavy atom. The third-order valence-corrected chi connectivity index (χ3v) is 4.96. The van der Waals surface area contributed by atoms with Crippen LogP contribution in [0, 0.1) is 0 Å². The minimum atomic E-state index is -4.84. The molecule has 160 valence electrons. The number of hydrogen-bond donors (Lipinski definition) is 2. The molecule has 7 nitrogen and oxygen atoms in total. The van der Waals surface area contributed by atoms with Gasteiger partial charge in [0.25, 0.3) is 5.91 Å². The Bertz CT molecular complexity index is 1180. The zero-order valence-corrected chi connectivity index (χ0v) is 16.2. The van der Waals surface area contributed by atoms with E-state index in [2.05, 4.69) is 15.0 Å². The smallest absolute Gasteiger partial charge is 0.406 e. The lowest BCUT2D eigenvalue weighted by Crippen LogP contribution is -2.46. The highest BCUT2D eigenvalue weighted by Gasteiger charge is 2.48. The Morgan fingerprint density at radius 2 is 1.81 bits per heavy atom. The first kappa shape index (κ1) is 20.5. The molecule has 0 spiro atoms. The topological polar surface area (TPSA) is 97.5 Å². The molecule has 0 aliphatic carbocycles. The molecule has 1 atom stereocenters. The van der Waals surface area contributed by atoms with Crippen molar-refractivity contribution in [3.63, 3.8) is 0 Å². The van der Waals surface area contributed by atoms with Crippen molar-refractivity contribution in [3.05, 3.63) is 60.2 Å². The van der Waals surface area contributed by atoms with Crippen LogP contribution >= 0.6 is 0 Å². The number of nitrogens with two attached hydrogens (primary N) is 1. The van der Waals surface area contributed by atoms with Crippen LogP contribution in [0.4, 0.5) is 29.5 Å². The number of nitrogens with zero attached hydrogens (tertiary/aromatic N) is 2. The monoisotopic (exact) mass is 430 g/mol. The van der Waals surface area contributed by atoms with Crippen molar-refractivity contribution in [1.82, 2.24) is 10.3 Å². The second kappa shape index (κ2) is 7.15. The molecule has 2 aromatic carbocycles. The number of nitrogen functional groups attached to an aromatic ring is 1. The van der Waals surface area contributed by atoms with Crippen LogP contribution < -0.4 is 20.7 Å². The molecule has 2 heterocycles. The summed E-state index contributed by atoms with van der Waals surface area (Å²) >= 11 is 0. The average Bonchev–Trinajstić information content (AvgIpc) is 2.89. The van der Waals surface area contributed by atoms with Crippen LogP contribution in [0.1, 0.15) is 12.5 Å². The maximum absolute atomic E-state index is 13.2. The number of halogens is 3. The van der Waals surface area contributed by atoms with Gasteiger partial charge in [0, 0.05) is 11.8 Å². The van der Waals surface area contributed by atoms with Gasteiger partial charge in [0.2, 0.25) is 0 Å². The normalized spacial score (nSPS) is 19.0. The fourth-order valence-electron chi connectivity index (χ4n) is 3.63. The summed E-state index contributed by atoms with van der Waals surface area (Å²) in [5.74, 6) is -0.711. The number of anilines is 2. The number of amides is 3. The summed E-state index contributed by atoms with van der Waals surface area (Å²) in [7, 11) is 0. The summed E-state index contributed by atoms with van der Waals surface area (Å²) in [4.78, 5) is 30.9. The van der Waals surface area contributed by atoms with Crippen molar-refractivity contribution in [2.24, 2.45) is 0 Å². The molecule has 0 radical (unpaired) electrons. The van der Waals surface area contributed by atoms with Gasteiger partial charge in [-0.1, -0.05) is 18.2 Å². The molecule has 0 saturated carbocycles. The Hall–Kier alpha value is -3.82. The number of aromatic nitrogens is 1. The number of carbonyl (C=O) groups is 2. The zero-order chi connectivity index (χ0) is 22.4. The summed E-state index contributed by atoms with van der Waals surface area (Å²) in [6, 6.07) is 12.8. The number of fused-ring (bicyclic) bond motifs is 1. The van der Waals surface area contributed by atoms with Gasteiger partial charge >= 0.3 is 12.4 Å². The fourth-order valence-corrected chi connectivity index (χ4v) is 3.63. The number of urea groups is 1. The van der Waals surface area contributed by atoms with Crippen molar-refractivity contribution >= 4 is 34.3 Å². The molecule has 4 rings (SSSR count). The van der Waals surface area contributed by atoms with Gasteiger partial charge in [0.1, 0.15) is 17.1 Å². The number of carbonyl (C=O) groups excluding carboxylic acids is 2. The first-order chi connectivity index (χ1) is 14.6. The number of pyridine rings is 1. The van der Waals surface area contributed by atoms with Crippen LogP contribution in [0.15, 0.2) is 54.6 Å². The molecule has 3 N–H and O–H groups in total. The van der Waals surface area contributed by atoms with Gasteiger partial charge in [0.05, 0.1) is 11.2 Å². The van der Waals surface area contributed by atoms with Gasteiger partial charge in [-0.3, -0.25) is 4.79 Å². The SMILES string of the molecule is CC1(Cc2cc(N)nc3ccccc23)NC(=O)N(c2ccc(OC(F)(F)F)cc2)C1=O. The number of nitrogens with one attached hydrogen (secondary N) is 1. The van der Waals surface area contributed by atoms with E-state index in [4.69, 9.17) is 5.73 Å². The van der Waals surface area contributed by atoms with Crippen molar-refractivity contribution < 1.29 is 27.5 Å². The lowest BCUT2D eigenvalue weighted by Gasteiger charge is -2.23. The molecule has 0 bridgehead atoms. The third kappa shape index (κ3) is 3.96. The summed E-state index contributed by atoms with van der Waals surface area (Å²) in [5.41, 5.74) is 6.13. The molecule has 1 aromatic heterocycles. The van der Waals surface area contributed by atoms with Crippen LogP contribution in [0.25, 0.3) is 10.9 Å². The van der Waals surface area contributed by atoms with Crippen LogP contribution in [0.3, 0.4) is 0 Å². The minimum Gasteiger partial charge on any atom is -0.406 e. The Balaban J connectivity index is 1.62.